The minimum Gasteiger partial charge on any atom is -0.493 e. The van der Waals surface area contributed by atoms with Crippen molar-refractivity contribution in [3.8, 4) is 16.3 Å². The molecule has 0 unspecified atom stereocenters. The lowest BCUT2D eigenvalue weighted by molar-refractivity contribution is 0.318. The van der Waals surface area contributed by atoms with Crippen LogP contribution in [0, 0.1) is 0 Å². The fourth-order valence-electron chi connectivity index (χ4n) is 1.41. The average molecular weight is 249 g/mol. The summed E-state index contributed by atoms with van der Waals surface area (Å²) in [4.78, 5) is 0. The van der Waals surface area contributed by atoms with Crippen molar-refractivity contribution in [1.82, 2.24) is 10.2 Å². The Morgan fingerprint density at radius 1 is 1.29 bits per heavy atom. The number of aromatic nitrogens is 2. The zero-order chi connectivity index (χ0) is 12.1. The van der Waals surface area contributed by atoms with Crippen molar-refractivity contribution in [2.75, 3.05) is 19.0 Å². The molecule has 0 aliphatic heterocycles. The van der Waals surface area contributed by atoms with Crippen LogP contribution in [0.1, 0.15) is 13.3 Å². The molecule has 2 rings (SSSR count). The highest BCUT2D eigenvalue weighted by Crippen LogP contribution is 2.33. The van der Waals surface area contributed by atoms with Crippen LogP contribution in [-0.4, -0.2) is 23.9 Å². The standard InChI is InChI=1S/C12H15N3OS/c1-3-8-16-10-7-5-4-6-9(10)11-14-15-12(13-2)17-11/h4-7H,3,8H2,1-2H3,(H,13,15). The fraction of sp³-hybridized carbons (Fsp3) is 0.333. The van der Waals surface area contributed by atoms with Crippen molar-refractivity contribution in [2.45, 2.75) is 13.3 Å². The Labute approximate surface area is 105 Å². The highest BCUT2D eigenvalue weighted by molar-refractivity contribution is 7.18. The zero-order valence-electron chi connectivity index (χ0n) is 9.93. The monoisotopic (exact) mass is 249 g/mol. The van der Waals surface area contributed by atoms with Crippen molar-refractivity contribution >= 4 is 16.5 Å². The van der Waals surface area contributed by atoms with Gasteiger partial charge < -0.3 is 10.1 Å². The van der Waals surface area contributed by atoms with Crippen LogP contribution in [0.4, 0.5) is 5.13 Å². The quantitative estimate of drug-likeness (QED) is 0.884. The second kappa shape index (κ2) is 5.63. The molecule has 2 aromatic rings. The van der Waals surface area contributed by atoms with E-state index in [1.165, 1.54) is 11.3 Å². The first kappa shape index (κ1) is 11.9. The molecule has 17 heavy (non-hydrogen) atoms. The fourth-order valence-corrected chi connectivity index (χ4v) is 2.14. The number of hydrogen-bond acceptors (Lipinski definition) is 5. The van der Waals surface area contributed by atoms with E-state index in [0.717, 1.165) is 27.9 Å². The van der Waals surface area contributed by atoms with Gasteiger partial charge in [0.05, 0.1) is 12.2 Å². The first-order chi connectivity index (χ1) is 8.35. The molecule has 5 heteroatoms. The normalized spacial score (nSPS) is 10.2. The van der Waals surface area contributed by atoms with Crippen LogP contribution in [-0.2, 0) is 0 Å². The van der Waals surface area contributed by atoms with Gasteiger partial charge in [-0.05, 0) is 18.6 Å². The molecule has 1 heterocycles. The number of para-hydroxylation sites is 1. The van der Waals surface area contributed by atoms with E-state index in [1.807, 2.05) is 31.3 Å². The third kappa shape index (κ3) is 2.74. The molecule has 90 valence electrons. The van der Waals surface area contributed by atoms with E-state index in [9.17, 15) is 0 Å². The van der Waals surface area contributed by atoms with Crippen LogP contribution in [0.25, 0.3) is 10.6 Å². The van der Waals surface area contributed by atoms with E-state index in [4.69, 9.17) is 4.74 Å². The number of rotatable bonds is 5. The molecule has 0 atom stereocenters. The van der Waals surface area contributed by atoms with E-state index in [0.29, 0.717) is 6.61 Å². The van der Waals surface area contributed by atoms with Gasteiger partial charge in [0.25, 0.3) is 0 Å². The van der Waals surface area contributed by atoms with Gasteiger partial charge in [-0.3, -0.25) is 0 Å². The SMILES string of the molecule is CCCOc1ccccc1-c1nnc(NC)s1. The van der Waals surface area contributed by atoms with Gasteiger partial charge in [0.1, 0.15) is 5.75 Å². The second-order valence-electron chi connectivity index (χ2n) is 3.51. The van der Waals surface area contributed by atoms with Crippen LogP contribution >= 0.6 is 11.3 Å². The lowest BCUT2D eigenvalue weighted by atomic mass is 10.2. The summed E-state index contributed by atoms with van der Waals surface area (Å²) in [5, 5.41) is 12.9. The molecule has 4 nitrogen and oxygen atoms in total. The molecular formula is C12H15N3OS. The smallest absolute Gasteiger partial charge is 0.205 e. The molecule has 1 N–H and O–H groups in total. The Bertz CT molecular complexity index is 484. The Morgan fingerprint density at radius 3 is 2.82 bits per heavy atom. The number of ether oxygens (including phenoxy) is 1. The molecule has 1 aromatic carbocycles. The van der Waals surface area contributed by atoms with Gasteiger partial charge >= 0.3 is 0 Å². The summed E-state index contributed by atoms with van der Waals surface area (Å²) in [5.41, 5.74) is 1.000. The maximum Gasteiger partial charge on any atom is 0.205 e. The number of nitrogens with one attached hydrogen (secondary N) is 1. The van der Waals surface area contributed by atoms with Crippen molar-refractivity contribution in [1.29, 1.82) is 0 Å². The van der Waals surface area contributed by atoms with E-state index in [2.05, 4.69) is 22.4 Å². The van der Waals surface area contributed by atoms with E-state index in [1.54, 1.807) is 0 Å². The van der Waals surface area contributed by atoms with Crippen molar-refractivity contribution in [3.63, 3.8) is 0 Å². The first-order valence-corrected chi connectivity index (χ1v) is 6.40. The number of hydrogen-bond donors (Lipinski definition) is 1. The predicted octanol–water partition coefficient (Wildman–Crippen LogP) is 3.04. The Morgan fingerprint density at radius 2 is 2.12 bits per heavy atom. The number of anilines is 1. The summed E-state index contributed by atoms with van der Waals surface area (Å²) >= 11 is 1.52. The van der Waals surface area contributed by atoms with Gasteiger partial charge in [-0.15, -0.1) is 10.2 Å². The zero-order valence-corrected chi connectivity index (χ0v) is 10.8. The van der Waals surface area contributed by atoms with Crippen LogP contribution in [0.5, 0.6) is 5.75 Å². The molecule has 0 aliphatic rings. The Hall–Kier alpha value is -1.62. The van der Waals surface area contributed by atoms with E-state index in [-0.39, 0.29) is 0 Å². The lowest BCUT2D eigenvalue weighted by Gasteiger charge is -2.07. The predicted molar refractivity (Wildman–Crippen MR) is 70.7 cm³/mol. The summed E-state index contributed by atoms with van der Waals surface area (Å²) in [6, 6.07) is 7.92. The van der Waals surface area contributed by atoms with Crippen LogP contribution in [0.3, 0.4) is 0 Å². The molecule has 0 fully saturated rings. The Kier molecular flexibility index (Phi) is 3.93. The minimum absolute atomic E-state index is 0.717. The molecule has 0 bridgehead atoms. The largest absolute Gasteiger partial charge is 0.493 e. The highest BCUT2D eigenvalue weighted by atomic mass is 32.1. The molecule has 1 aromatic heterocycles. The molecule has 0 aliphatic carbocycles. The third-order valence-corrected chi connectivity index (χ3v) is 3.19. The van der Waals surface area contributed by atoms with Gasteiger partial charge in [-0.2, -0.15) is 0 Å². The number of nitrogens with zero attached hydrogens (tertiary/aromatic N) is 2. The maximum absolute atomic E-state index is 5.70. The van der Waals surface area contributed by atoms with Crippen LogP contribution < -0.4 is 10.1 Å². The molecule has 0 saturated heterocycles. The molecular weight excluding hydrogens is 234 g/mol. The first-order valence-electron chi connectivity index (χ1n) is 5.58. The minimum atomic E-state index is 0.717. The third-order valence-electron chi connectivity index (χ3n) is 2.22. The topological polar surface area (TPSA) is 47.0 Å². The lowest BCUT2D eigenvalue weighted by Crippen LogP contribution is -1.96. The van der Waals surface area contributed by atoms with Gasteiger partial charge in [0.15, 0.2) is 5.01 Å². The molecule has 0 saturated carbocycles. The number of benzene rings is 1. The molecule has 0 amide bonds. The molecule has 0 radical (unpaired) electrons. The highest BCUT2D eigenvalue weighted by Gasteiger charge is 2.10. The summed E-state index contributed by atoms with van der Waals surface area (Å²) in [5.74, 6) is 0.869. The van der Waals surface area contributed by atoms with Crippen LogP contribution in [0.15, 0.2) is 24.3 Å². The second-order valence-corrected chi connectivity index (χ2v) is 4.48. The summed E-state index contributed by atoms with van der Waals surface area (Å²) in [6.07, 6.45) is 0.992. The van der Waals surface area contributed by atoms with Gasteiger partial charge in [-0.1, -0.05) is 30.4 Å². The maximum atomic E-state index is 5.70. The van der Waals surface area contributed by atoms with Gasteiger partial charge in [-0.25, -0.2) is 0 Å². The average Bonchev–Trinajstić information content (AvgIpc) is 2.85. The Balaban J connectivity index is 2.30. The van der Waals surface area contributed by atoms with Crippen molar-refractivity contribution in [3.05, 3.63) is 24.3 Å². The van der Waals surface area contributed by atoms with Gasteiger partial charge in [0, 0.05) is 7.05 Å². The van der Waals surface area contributed by atoms with Crippen LogP contribution in [0.2, 0.25) is 0 Å². The van der Waals surface area contributed by atoms with Gasteiger partial charge in [0.2, 0.25) is 5.13 Å². The van der Waals surface area contributed by atoms with Crippen molar-refractivity contribution < 1.29 is 4.74 Å². The molecule has 0 spiro atoms. The summed E-state index contributed by atoms with van der Waals surface area (Å²) < 4.78 is 5.70. The summed E-state index contributed by atoms with van der Waals surface area (Å²) in [7, 11) is 1.84. The van der Waals surface area contributed by atoms with Crippen molar-refractivity contribution in [2.24, 2.45) is 0 Å². The summed E-state index contributed by atoms with van der Waals surface area (Å²) in [6.45, 7) is 2.81. The van der Waals surface area contributed by atoms with E-state index < -0.39 is 0 Å². The van der Waals surface area contributed by atoms with E-state index >= 15 is 0 Å².